The van der Waals surface area contributed by atoms with Gasteiger partial charge in [-0.15, -0.1) is 0 Å². The SMILES string of the molecule is Cc1nc(CNC(C(=O)O)c2ccccc2)no1. The highest BCUT2D eigenvalue weighted by Gasteiger charge is 2.19. The third kappa shape index (κ3) is 2.92. The van der Waals surface area contributed by atoms with Gasteiger partial charge in [0.05, 0.1) is 6.54 Å². The molecular formula is C12H13N3O3. The Hall–Kier alpha value is -2.21. The van der Waals surface area contributed by atoms with Crippen molar-refractivity contribution in [2.24, 2.45) is 0 Å². The Bertz CT molecular complexity index is 524. The first-order chi connectivity index (χ1) is 8.66. The van der Waals surface area contributed by atoms with Crippen molar-refractivity contribution in [3.8, 4) is 0 Å². The second-order valence-corrected chi connectivity index (χ2v) is 3.79. The monoisotopic (exact) mass is 247 g/mol. The summed E-state index contributed by atoms with van der Waals surface area (Å²) in [7, 11) is 0. The third-order valence-corrected chi connectivity index (χ3v) is 2.41. The molecule has 0 aliphatic rings. The molecule has 2 rings (SSSR count). The fourth-order valence-corrected chi connectivity index (χ4v) is 1.60. The lowest BCUT2D eigenvalue weighted by Crippen LogP contribution is -2.28. The van der Waals surface area contributed by atoms with Crippen molar-refractivity contribution in [3.05, 3.63) is 47.6 Å². The van der Waals surface area contributed by atoms with E-state index in [4.69, 9.17) is 4.52 Å². The summed E-state index contributed by atoms with van der Waals surface area (Å²) in [5.74, 6) is -0.0468. The van der Waals surface area contributed by atoms with E-state index in [9.17, 15) is 9.90 Å². The minimum atomic E-state index is -0.943. The molecular weight excluding hydrogens is 234 g/mol. The fourth-order valence-electron chi connectivity index (χ4n) is 1.60. The van der Waals surface area contributed by atoms with E-state index >= 15 is 0 Å². The van der Waals surface area contributed by atoms with Crippen LogP contribution in [0.5, 0.6) is 0 Å². The molecule has 0 spiro atoms. The number of aliphatic carboxylic acids is 1. The molecule has 1 atom stereocenters. The number of rotatable bonds is 5. The third-order valence-electron chi connectivity index (χ3n) is 2.41. The molecule has 18 heavy (non-hydrogen) atoms. The first-order valence-electron chi connectivity index (χ1n) is 5.47. The van der Waals surface area contributed by atoms with Crippen LogP contribution in [0.15, 0.2) is 34.9 Å². The number of carbonyl (C=O) groups is 1. The number of nitrogens with one attached hydrogen (secondary N) is 1. The molecule has 2 N–H and O–H groups in total. The van der Waals surface area contributed by atoms with Crippen molar-refractivity contribution in [1.82, 2.24) is 15.5 Å². The zero-order valence-corrected chi connectivity index (χ0v) is 9.83. The summed E-state index contributed by atoms with van der Waals surface area (Å²) in [6, 6.07) is 8.16. The largest absolute Gasteiger partial charge is 0.480 e. The van der Waals surface area contributed by atoms with Crippen LogP contribution in [-0.2, 0) is 11.3 Å². The van der Waals surface area contributed by atoms with Gasteiger partial charge in [0, 0.05) is 6.92 Å². The van der Waals surface area contributed by atoms with Crippen molar-refractivity contribution in [3.63, 3.8) is 0 Å². The van der Waals surface area contributed by atoms with Crippen molar-refractivity contribution in [2.45, 2.75) is 19.5 Å². The van der Waals surface area contributed by atoms with Gasteiger partial charge in [-0.1, -0.05) is 35.5 Å². The molecule has 0 radical (unpaired) electrons. The zero-order chi connectivity index (χ0) is 13.0. The highest BCUT2D eigenvalue weighted by molar-refractivity contribution is 5.75. The first-order valence-corrected chi connectivity index (χ1v) is 5.47. The molecule has 94 valence electrons. The maximum absolute atomic E-state index is 11.2. The van der Waals surface area contributed by atoms with Crippen molar-refractivity contribution >= 4 is 5.97 Å². The van der Waals surface area contributed by atoms with Gasteiger partial charge in [-0.3, -0.25) is 10.1 Å². The van der Waals surface area contributed by atoms with E-state index < -0.39 is 12.0 Å². The highest BCUT2D eigenvalue weighted by Crippen LogP contribution is 2.13. The fraction of sp³-hybridized carbons (Fsp3) is 0.250. The van der Waals surface area contributed by atoms with E-state index in [0.29, 0.717) is 17.3 Å². The van der Waals surface area contributed by atoms with Crippen LogP contribution in [0.25, 0.3) is 0 Å². The highest BCUT2D eigenvalue weighted by atomic mass is 16.5. The lowest BCUT2D eigenvalue weighted by atomic mass is 10.1. The van der Waals surface area contributed by atoms with Crippen LogP contribution in [-0.4, -0.2) is 21.2 Å². The molecule has 1 unspecified atom stereocenters. The number of benzene rings is 1. The summed E-state index contributed by atoms with van der Waals surface area (Å²) in [5, 5.41) is 15.8. The van der Waals surface area contributed by atoms with Crippen LogP contribution in [0, 0.1) is 6.92 Å². The smallest absolute Gasteiger partial charge is 0.325 e. The minimum absolute atomic E-state index is 0.239. The summed E-state index contributed by atoms with van der Waals surface area (Å²) in [6.45, 7) is 1.92. The summed E-state index contributed by atoms with van der Waals surface area (Å²) in [4.78, 5) is 15.2. The van der Waals surface area contributed by atoms with E-state index in [1.807, 2.05) is 6.07 Å². The first kappa shape index (κ1) is 12.3. The minimum Gasteiger partial charge on any atom is -0.480 e. The van der Waals surface area contributed by atoms with Gasteiger partial charge in [-0.05, 0) is 5.56 Å². The van der Waals surface area contributed by atoms with Crippen LogP contribution in [0.4, 0.5) is 0 Å². The number of nitrogens with zero attached hydrogens (tertiary/aromatic N) is 2. The van der Waals surface area contributed by atoms with Gasteiger partial charge in [0.15, 0.2) is 5.82 Å². The lowest BCUT2D eigenvalue weighted by Gasteiger charge is -2.13. The molecule has 2 aromatic rings. The van der Waals surface area contributed by atoms with E-state index in [-0.39, 0.29) is 6.54 Å². The van der Waals surface area contributed by atoms with Gasteiger partial charge >= 0.3 is 5.97 Å². The Labute approximate surface area is 104 Å². The molecule has 6 heteroatoms. The Morgan fingerprint density at radius 1 is 1.44 bits per heavy atom. The average Bonchev–Trinajstić information content (AvgIpc) is 2.76. The molecule has 1 aromatic heterocycles. The molecule has 1 aromatic carbocycles. The Balaban J connectivity index is 2.06. The summed E-state index contributed by atoms with van der Waals surface area (Å²) < 4.78 is 4.81. The number of carboxylic acid groups (broad SMARTS) is 1. The van der Waals surface area contributed by atoms with Crippen LogP contribution < -0.4 is 5.32 Å². The standard InChI is InChI=1S/C12H13N3O3/c1-8-14-10(15-18-8)7-13-11(12(16)17)9-5-3-2-4-6-9/h2-6,11,13H,7H2,1H3,(H,16,17). The molecule has 0 bridgehead atoms. The lowest BCUT2D eigenvalue weighted by molar-refractivity contribution is -0.139. The van der Waals surface area contributed by atoms with E-state index in [1.54, 1.807) is 31.2 Å². The summed E-state index contributed by atoms with van der Waals surface area (Å²) in [6.07, 6.45) is 0. The predicted octanol–water partition coefficient (Wildman–Crippen LogP) is 1.29. The molecule has 1 heterocycles. The van der Waals surface area contributed by atoms with Crippen molar-refractivity contribution in [2.75, 3.05) is 0 Å². The van der Waals surface area contributed by atoms with Crippen molar-refractivity contribution in [1.29, 1.82) is 0 Å². The summed E-state index contributed by atoms with van der Waals surface area (Å²) >= 11 is 0. The van der Waals surface area contributed by atoms with Gasteiger partial charge in [-0.2, -0.15) is 4.98 Å². The Morgan fingerprint density at radius 3 is 2.72 bits per heavy atom. The van der Waals surface area contributed by atoms with Crippen molar-refractivity contribution < 1.29 is 14.4 Å². The molecule has 6 nitrogen and oxygen atoms in total. The molecule has 0 aliphatic carbocycles. The zero-order valence-electron chi connectivity index (χ0n) is 9.83. The van der Waals surface area contributed by atoms with E-state index in [0.717, 1.165) is 0 Å². The molecule has 0 fully saturated rings. The second kappa shape index (κ2) is 5.42. The maximum Gasteiger partial charge on any atom is 0.325 e. The van der Waals surface area contributed by atoms with Crippen LogP contribution in [0.3, 0.4) is 0 Å². The molecule has 0 aliphatic heterocycles. The number of aryl methyl sites for hydroxylation is 1. The van der Waals surface area contributed by atoms with Gasteiger partial charge in [0.25, 0.3) is 0 Å². The predicted molar refractivity (Wildman–Crippen MR) is 62.7 cm³/mol. The maximum atomic E-state index is 11.2. The van der Waals surface area contributed by atoms with Crippen LogP contribution in [0.2, 0.25) is 0 Å². The van der Waals surface area contributed by atoms with Crippen LogP contribution >= 0.6 is 0 Å². The number of hydrogen-bond donors (Lipinski definition) is 2. The quantitative estimate of drug-likeness (QED) is 0.827. The van der Waals surface area contributed by atoms with Crippen LogP contribution in [0.1, 0.15) is 23.3 Å². The van der Waals surface area contributed by atoms with Gasteiger partial charge < -0.3 is 9.63 Å². The van der Waals surface area contributed by atoms with E-state index in [2.05, 4.69) is 15.5 Å². The second-order valence-electron chi connectivity index (χ2n) is 3.79. The topological polar surface area (TPSA) is 88.2 Å². The number of hydrogen-bond acceptors (Lipinski definition) is 5. The Kier molecular flexibility index (Phi) is 3.69. The van der Waals surface area contributed by atoms with Gasteiger partial charge in [0.2, 0.25) is 5.89 Å². The molecule has 0 saturated carbocycles. The summed E-state index contributed by atoms with van der Waals surface area (Å²) in [5.41, 5.74) is 0.685. The van der Waals surface area contributed by atoms with E-state index in [1.165, 1.54) is 0 Å². The van der Waals surface area contributed by atoms with Gasteiger partial charge in [-0.25, -0.2) is 0 Å². The molecule has 0 amide bonds. The Morgan fingerprint density at radius 2 is 2.17 bits per heavy atom. The molecule has 0 saturated heterocycles. The number of carboxylic acids is 1. The van der Waals surface area contributed by atoms with Gasteiger partial charge in [0.1, 0.15) is 6.04 Å². The number of aromatic nitrogens is 2. The average molecular weight is 247 g/mol. The normalized spacial score (nSPS) is 12.3.